The maximum atomic E-state index is 13.8. The quantitative estimate of drug-likeness (QED) is 0.708. The molecule has 2 aliphatic rings. The molecule has 2 aliphatic heterocycles. The van der Waals surface area contributed by atoms with E-state index in [0.29, 0.717) is 25.3 Å². The Hall–Kier alpha value is -3.03. The summed E-state index contributed by atoms with van der Waals surface area (Å²) < 4.78 is 25.1. The van der Waals surface area contributed by atoms with Crippen LogP contribution in [0.4, 0.5) is 4.39 Å². The third kappa shape index (κ3) is 3.20. The fraction of sp³-hybridized carbons (Fsp3) is 0.304. The van der Waals surface area contributed by atoms with Crippen molar-refractivity contribution in [3.63, 3.8) is 0 Å². The molecule has 30 heavy (non-hydrogen) atoms. The average Bonchev–Trinajstić information content (AvgIpc) is 3.06. The van der Waals surface area contributed by atoms with Crippen molar-refractivity contribution in [3.05, 3.63) is 81.5 Å². The fourth-order valence-electron chi connectivity index (χ4n) is 4.39. The van der Waals surface area contributed by atoms with Crippen molar-refractivity contribution in [3.8, 4) is 0 Å². The first kappa shape index (κ1) is 19.0. The van der Waals surface area contributed by atoms with Crippen molar-refractivity contribution < 1.29 is 23.2 Å². The van der Waals surface area contributed by atoms with E-state index >= 15 is 0 Å². The van der Waals surface area contributed by atoms with E-state index in [9.17, 15) is 14.0 Å². The van der Waals surface area contributed by atoms with Gasteiger partial charge in [-0.25, -0.2) is 4.39 Å². The molecule has 6 nitrogen and oxygen atoms in total. The van der Waals surface area contributed by atoms with Gasteiger partial charge in [0.15, 0.2) is 5.43 Å². The van der Waals surface area contributed by atoms with E-state index in [4.69, 9.17) is 9.15 Å². The first-order valence-corrected chi connectivity index (χ1v) is 10.2. The largest absolute Gasteiger partial charge is 0.450 e. The first-order chi connectivity index (χ1) is 14.6. The molecule has 3 aromatic rings. The number of ether oxygens (including phenoxy) is 1. The molecular formula is C23H22FN2O4+. The predicted octanol–water partition coefficient (Wildman–Crippen LogP) is 1.39. The highest BCUT2D eigenvalue weighted by Crippen LogP contribution is 2.37. The van der Waals surface area contributed by atoms with Gasteiger partial charge in [0.1, 0.15) is 24.5 Å². The van der Waals surface area contributed by atoms with Crippen molar-refractivity contribution in [2.24, 2.45) is 0 Å². The van der Waals surface area contributed by atoms with Gasteiger partial charge in [-0.15, -0.1) is 0 Å². The Kier molecular flexibility index (Phi) is 4.84. The third-order valence-electron chi connectivity index (χ3n) is 5.95. The lowest BCUT2D eigenvalue weighted by atomic mass is 9.98. The fourth-order valence-corrected chi connectivity index (χ4v) is 4.39. The lowest BCUT2D eigenvalue weighted by Crippen LogP contribution is -3.14. The Morgan fingerprint density at radius 1 is 1.07 bits per heavy atom. The highest BCUT2D eigenvalue weighted by Gasteiger charge is 2.43. The molecule has 1 fully saturated rings. The van der Waals surface area contributed by atoms with Gasteiger partial charge in [-0.3, -0.25) is 9.59 Å². The summed E-state index contributed by atoms with van der Waals surface area (Å²) in [7, 11) is 0. The number of carbonyl (C=O) groups is 1. The number of halogens is 1. The summed E-state index contributed by atoms with van der Waals surface area (Å²) in [5.74, 6) is -0.747. The number of carbonyl (C=O) groups excluding carboxylic acids is 1. The van der Waals surface area contributed by atoms with Gasteiger partial charge in [0, 0.05) is 0 Å². The molecule has 154 valence electrons. The average molecular weight is 409 g/mol. The van der Waals surface area contributed by atoms with E-state index in [0.717, 1.165) is 25.2 Å². The topological polar surface area (TPSA) is 64.2 Å². The lowest BCUT2D eigenvalue weighted by molar-refractivity contribution is -0.907. The Morgan fingerprint density at radius 2 is 1.83 bits per heavy atom. The van der Waals surface area contributed by atoms with Crippen LogP contribution in [-0.2, 0) is 4.74 Å². The van der Waals surface area contributed by atoms with Crippen LogP contribution in [-0.4, -0.2) is 50.2 Å². The molecule has 1 N–H and O–H groups in total. The van der Waals surface area contributed by atoms with Crippen LogP contribution in [0, 0.1) is 5.82 Å². The van der Waals surface area contributed by atoms with Crippen molar-refractivity contribution >= 4 is 16.9 Å². The van der Waals surface area contributed by atoms with E-state index in [1.54, 1.807) is 4.90 Å². The summed E-state index contributed by atoms with van der Waals surface area (Å²) in [6.45, 7) is 4.46. The Labute approximate surface area is 172 Å². The van der Waals surface area contributed by atoms with Gasteiger partial charge in [-0.2, -0.15) is 0 Å². The van der Waals surface area contributed by atoms with Crippen LogP contribution >= 0.6 is 0 Å². The number of hydrogen-bond acceptors (Lipinski definition) is 4. The molecule has 1 amide bonds. The number of quaternary nitrogens is 1. The zero-order chi connectivity index (χ0) is 20.7. The van der Waals surface area contributed by atoms with Gasteiger partial charge in [-0.05, 0) is 23.8 Å². The SMILES string of the molecule is O=C1c2oc3ccc(F)cc3c(=O)c2[C@H](c2ccccc2)N1CC[NH+]1CCOCC1. The number of nitrogens with zero attached hydrogens (tertiary/aromatic N) is 1. The summed E-state index contributed by atoms with van der Waals surface area (Å²) in [6.07, 6.45) is 0. The number of hydrogen-bond donors (Lipinski definition) is 1. The monoisotopic (exact) mass is 409 g/mol. The van der Waals surface area contributed by atoms with Gasteiger partial charge in [0.05, 0.1) is 43.3 Å². The number of fused-ring (bicyclic) bond motifs is 2. The first-order valence-electron chi connectivity index (χ1n) is 10.2. The molecule has 2 aromatic carbocycles. The van der Waals surface area contributed by atoms with Crippen LogP contribution in [0.3, 0.4) is 0 Å². The molecule has 3 heterocycles. The molecule has 1 atom stereocenters. The highest BCUT2D eigenvalue weighted by atomic mass is 19.1. The molecule has 5 rings (SSSR count). The molecule has 0 radical (unpaired) electrons. The lowest BCUT2D eigenvalue weighted by Gasteiger charge is -2.29. The van der Waals surface area contributed by atoms with E-state index in [2.05, 4.69) is 0 Å². The second kappa shape index (κ2) is 7.66. The number of nitrogens with one attached hydrogen (secondary N) is 1. The maximum Gasteiger partial charge on any atom is 0.291 e. The Bertz CT molecular complexity index is 1160. The van der Waals surface area contributed by atoms with E-state index in [-0.39, 0.29) is 28.1 Å². The molecule has 1 saturated heterocycles. The van der Waals surface area contributed by atoms with Crippen LogP contribution in [0.1, 0.15) is 27.7 Å². The molecular weight excluding hydrogens is 387 g/mol. The minimum atomic E-state index is -0.543. The highest BCUT2D eigenvalue weighted by molar-refractivity contribution is 5.99. The Balaban J connectivity index is 1.60. The smallest absolute Gasteiger partial charge is 0.291 e. The van der Waals surface area contributed by atoms with Gasteiger partial charge in [0.25, 0.3) is 5.91 Å². The summed E-state index contributed by atoms with van der Waals surface area (Å²) >= 11 is 0. The zero-order valence-corrected chi connectivity index (χ0v) is 16.4. The number of rotatable bonds is 4. The molecule has 0 aliphatic carbocycles. The number of morpholine rings is 1. The normalized spacial score (nSPS) is 19.4. The third-order valence-corrected chi connectivity index (χ3v) is 5.95. The molecule has 1 aromatic heterocycles. The molecule has 0 bridgehead atoms. The van der Waals surface area contributed by atoms with Crippen LogP contribution in [0.15, 0.2) is 57.7 Å². The molecule has 0 spiro atoms. The zero-order valence-electron chi connectivity index (χ0n) is 16.4. The summed E-state index contributed by atoms with van der Waals surface area (Å²) in [6, 6.07) is 12.7. The molecule has 7 heteroatoms. The molecule has 0 unspecified atom stereocenters. The number of benzene rings is 2. The van der Waals surface area contributed by atoms with Crippen LogP contribution < -0.4 is 10.3 Å². The van der Waals surface area contributed by atoms with Crippen molar-refractivity contribution in [2.45, 2.75) is 6.04 Å². The summed E-state index contributed by atoms with van der Waals surface area (Å²) in [4.78, 5) is 29.7. The standard InChI is InChI=1S/C23H21FN2O4/c24-16-6-7-18-17(14-16)21(27)19-20(15-4-2-1-3-5-15)26(23(28)22(19)30-18)9-8-25-10-12-29-13-11-25/h1-7,14,20H,8-13H2/p+1/t20-/m0/s1. The van der Waals surface area contributed by atoms with Crippen LogP contribution in [0.25, 0.3) is 11.0 Å². The van der Waals surface area contributed by atoms with Gasteiger partial charge in [0.2, 0.25) is 5.76 Å². The van der Waals surface area contributed by atoms with Crippen molar-refractivity contribution in [1.82, 2.24) is 4.90 Å². The number of amides is 1. The second-order valence-electron chi connectivity index (χ2n) is 7.74. The van der Waals surface area contributed by atoms with Crippen molar-refractivity contribution in [2.75, 3.05) is 39.4 Å². The van der Waals surface area contributed by atoms with Gasteiger partial charge in [-0.1, -0.05) is 30.3 Å². The molecule has 0 saturated carbocycles. The minimum absolute atomic E-state index is 0.0601. The second-order valence-corrected chi connectivity index (χ2v) is 7.74. The van der Waals surface area contributed by atoms with Crippen molar-refractivity contribution in [1.29, 1.82) is 0 Å². The summed E-state index contributed by atoms with van der Waals surface area (Å²) in [5.41, 5.74) is 1.00. The van der Waals surface area contributed by atoms with Crippen LogP contribution in [0.5, 0.6) is 0 Å². The predicted molar refractivity (Wildman–Crippen MR) is 108 cm³/mol. The maximum absolute atomic E-state index is 13.8. The van der Waals surface area contributed by atoms with E-state index in [1.807, 2.05) is 30.3 Å². The van der Waals surface area contributed by atoms with Crippen LogP contribution in [0.2, 0.25) is 0 Å². The van der Waals surface area contributed by atoms with Gasteiger partial charge < -0.3 is 19.0 Å². The van der Waals surface area contributed by atoms with Gasteiger partial charge >= 0.3 is 0 Å². The van der Waals surface area contributed by atoms with E-state index < -0.39 is 11.9 Å². The minimum Gasteiger partial charge on any atom is -0.450 e. The summed E-state index contributed by atoms with van der Waals surface area (Å²) in [5, 5.41) is 0.156. The van der Waals surface area contributed by atoms with E-state index in [1.165, 1.54) is 23.1 Å². The Morgan fingerprint density at radius 3 is 2.60 bits per heavy atom.